The molecule has 1 heterocycles. The highest BCUT2D eigenvalue weighted by Gasteiger charge is 2.25. The summed E-state index contributed by atoms with van der Waals surface area (Å²) in [4.78, 5) is 26.5. The van der Waals surface area contributed by atoms with Gasteiger partial charge < -0.3 is 19.7 Å². The molecule has 0 aromatic heterocycles. The molecule has 1 aliphatic heterocycles. The first-order valence-corrected chi connectivity index (χ1v) is 8.89. The fourth-order valence-corrected chi connectivity index (χ4v) is 3.00. The van der Waals surface area contributed by atoms with E-state index in [9.17, 15) is 14.0 Å². The van der Waals surface area contributed by atoms with Crippen LogP contribution in [0.2, 0.25) is 0 Å². The number of halogens is 1. The topological polar surface area (TPSA) is 67.9 Å². The van der Waals surface area contributed by atoms with E-state index in [0.29, 0.717) is 28.4 Å². The summed E-state index contributed by atoms with van der Waals surface area (Å²) in [5.74, 6) is -0.330. The third-order valence-corrected chi connectivity index (χ3v) is 4.44. The molecule has 0 saturated heterocycles. The van der Waals surface area contributed by atoms with Crippen LogP contribution in [-0.4, -0.2) is 25.5 Å². The molecule has 3 aromatic rings. The average molecular weight is 392 g/mol. The molecule has 0 aliphatic carbocycles. The Kier molecular flexibility index (Phi) is 4.87. The van der Waals surface area contributed by atoms with Crippen molar-refractivity contribution in [1.82, 2.24) is 0 Å². The largest absolute Gasteiger partial charge is 0.481 e. The number of rotatable bonds is 4. The number of benzene rings is 3. The zero-order chi connectivity index (χ0) is 20.4. The van der Waals surface area contributed by atoms with E-state index in [4.69, 9.17) is 9.47 Å². The second-order valence-corrected chi connectivity index (χ2v) is 6.41. The Labute approximate surface area is 166 Å². The molecule has 7 heteroatoms. The molecule has 2 amide bonds. The molecule has 0 saturated carbocycles. The van der Waals surface area contributed by atoms with Crippen LogP contribution in [0.15, 0.2) is 66.7 Å². The maximum absolute atomic E-state index is 13.6. The number of nitrogens with one attached hydrogen (secondary N) is 1. The molecule has 0 bridgehead atoms. The van der Waals surface area contributed by atoms with E-state index < -0.39 is 11.7 Å². The maximum atomic E-state index is 13.6. The van der Waals surface area contributed by atoms with Crippen LogP contribution in [-0.2, 0) is 4.79 Å². The van der Waals surface area contributed by atoms with Gasteiger partial charge in [0.1, 0.15) is 5.75 Å². The Morgan fingerprint density at radius 1 is 1.07 bits per heavy atom. The van der Waals surface area contributed by atoms with E-state index in [1.807, 2.05) is 12.1 Å². The first kappa shape index (κ1) is 18.5. The van der Waals surface area contributed by atoms with Crippen LogP contribution in [0.5, 0.6) is 17.2 Å². The highest BCUT2D eigenvalue weighted by Crippen LogP contribution is 2.38. The van der Waals surface area contributed by atoms with Crippen molar-refractivity contribution in [2.45, 2.75) is 0 Å². The van der Waals surface area contributed by atoms with E-state index in [1.54, 1.807) is 43.4 Å². The molecule has 0 atom stereocenters. The molecular formula is C22H17FN2O4. The Balaban J connectivity index is 1.51. The molecule has 1 aliphatic rings. The smallest absolute Gasteiger partial charge is 0.262 e. The number of carbonyl (C=O) groups is 2. The van der Waals surface area contributed by atoms with Gasteiger partial charge in [-0.2, -0.15) is 0 Å². The van der Waals surface area contributed by atoms with Gasteiger partial charge in [-0.3, -0.25) is 9.59 Å². The predicted molar refractivity (Wildman–Crippen MR) is 106 cm³/mol. The van der Waals surface area contributed by atoms with Crippen molar-refractivity contribution >= 4 is 23.2 Å². The highest BCUT2D eigenvalue weighted by atomic mass is 19.1. The maximum Gasteiger partial charge on any atom is 0.262 e. The summed E-state index contributed by atoms with van der Waals surface area (Å²) in [7, 11) is 1.66. The predicted octanol–water partition coefficient (Wildman–Crippen LogP) is 4.23. The SMILES string of the molecule is CN1C(=O)c2cc(NC(=O)COc3ccccc3F)ccc2Oc2ccccc21. The minimum Gasteiger partial charge on any atom is -0.481 e. The number of nitrogens with zero attached hydrogens (tertiary/aromatic N) is 1. The van der Waals surface area contributed by atoms with Gasteiger partial charge in [0.25, 0.3) is 11.8 Å². The number of hydrogen-bond acceptors (Lipinski definition) is 4. The molecule has 0 unspecified atom stereocenters. The summed E-state index contributed by atoms with van der Waals surface area (Å²) in [6, 6.07) is 17.9. The van der Waals surface area contributed by atoms with Crippen LogP contribution in [0, 0.1) is 5.82 Å². The number of hydrogen-bond donors (Lipinski definition) is 1. The van der Waals surface area contributed by atoms with Crippen LogP contribution >= 0.6 is 0 Å². The number of amides is 2. The molecular weight excluding hydrogens is 375 g/mol. The molecule has 0 radical (unpaired) electrons. The van der Waals surface area contributed by atoms with Gasteiger partial charge in [0, 0.05) is 12.7 Å². The van der Waals surface area contributed by atoms with Crippen LogP contribution in [0.25, 0.3) is 0 Å². The normalized spacial score (nSPS) is 12.3. The van der Waals surface area contributed by atoms with E-state index >= 15 is 0 Å². The van der Waals surface area contributed by atoms with Crippen molar-refractivity contribution in [3.8, 4) is 17.2 Å². The summed E-state index contributed by atoms with van der Waals surface area (Å²) in [5.41, 5.74) is 1.37. The van der Waals surface area contributed by atoms with Gasteiger partial charge in [0.05, 0.1) is 11.3 Å². The van der Waals surface area contributed by atoms with Crippen molar-refractivity contribution in [3.63, 3.8) is 0 Å². The number of para-hydroxylation sites is 3. The average Bonchev–Trinajstić information content (AvgIpc) is 2.83. The van der Waals surface area contributed by atoms with E-state index in [1.165, 1.54) is 23.1 Å². The van der Waals surface area contributed by atoms with Crippen LogP contribution in [0.1, 0.15) is 10.4 Å². The van der Waals surface area contributed by atoms with Crippen molar-refractivity contribution in [2.24, 2.45) is 0 Å². The summed E-state index contributed by atoms with van der Waals surface area (Å²) in [5, 5.41) is 2.65. The molecule has 6 nitrogen and oxygen atoms in total. The zero-order valence-electron chi connectivity index (χ0n) is 15.5. The number of ether oxygens (including phenoxy) is 2. The van der Waals surface area contributed by atoms with Gasteiger partial charge in [-0.15, -0.1) is 0 Å². The van der Waals surface area contributed by atoms with E-state index in [0.717, 1.165) is 0 Å². The summed E-state index contributed by atoms with van der Waals surface area (Å²) >= 11 is 0. The molecule has 146 valence electrons. The lowest BCUT2D eigenvalue weighted by Crippen LogP contribution is -2.25. The summed E-state index contributed by atoms with van der Waals surface area (Å²) in [6.45, 7) is -0.367. The second-order valence-electron chi connectivity index (χ2n) is 6.41. The van der Waals surface area contributed by atoms with Gasteiger partial charge in [0.15, 0.2) is 23.9 Å². The van der Waals surface area contributed by atoms with Crippen molar-refractivity contribution in [3.05, 3.63) is 78.1 Å². The molecule has 3 aromatic carbocycles. The molecule has 29 heavy (non-hydrogen) atoms. The Morgan fingerprint density at radius 3 is 2.66 bits per heavy atom. The van der Waals surface area contributed by atoms with Crippen molar-refractivity contribution in [1.29, 1.82) is 0 Å². The number of fused-ring (bicyclic) bond motifs is 2. The van der Waals surface area contributed by atoms with E-state index in [2.05, 4.69) is 5.32 Å². The van der Waals surface area contributed by atoms with Crippen LogP contribution < -0.4 is 19.7 Å². The number of carbonyl (C=O) groups excluding carboxylic acids is 2. The molecule has 4 rings (SSSR count). The monoisotopic (exact) mass is 392 g/mol. The highest BCUT2D eigenvalue weighted by molar-refractivity contribution is 6.10. The Hall–Kier alpha value is -3.87. The van der Waals surface area contributed by atoms with Gasteiger partial charge >= 0.3 is 0 Å². The first-order chi connectivity index (χ1) is 14.0. The third-order valence-electron chi connectivity index (χ3n) is 4.44. The minimum absolute atomic E-state index is 0.00690. The van der Waals surface area contributed by atoms with Crippen molar-refractivity contribution < 1.29 is 23.5 Å². The van der Waals surface area contributed by atoms with Crippen LogP contribution in [0.3, 0.4) is 0 Å². The van der Waals surface area contributed by atoms with E-state index in [-0.39, 0.29) is 18.3 Å². The lowest BCUT2D eigenvalue weighted by molar-refractivity contribution is -0.118. The summed E-state index contributed by atoms with van der Waals surface area (Å²) in [6.07, 6.45) is 0. The second kappa shape index (κ2) is 7.63. The van der Waals surface area contributed by atoms with Gasteiger partial charge in [-0.1, -0.05) is 24.3 Å². The summed E-state index contributed by atoms with van der Waals surface area (Å²) < 4.78 is 24.7. The Morgan fingerprint density at radius 2 is 1.83 bits per heavy atom. The quantitative estimate of drug-likeness (QED) is 0.722. The molecule has 0 spiro atoms. The number of anilines is 2. The zero-order valence-corrected chi connectivity index (χ0v) is 15.5. The molecule has 1 N–H and O–H groups in total. The van der Waals surface area contributed by atoms with Crippen molar-refractivity contribution in [2.75, 3.05) is 23.9 Å². The molecule has 0 fully saturated rings. The Bertz CT molecular complexity index is 1100. The lowest BCUT2D eigenvalue weighted by Gasteiger charge is -2.16. The standard InChI is InChI=1S/C22H17FN2O4/c1-25-17-7-3-5-9-20(17)29-18-11-10-14(12-15(18)22(25)27)24-21(26)13-28-19-8-4-2-6-16(19)23/h2-12H,13H2,1H3,(H,24,26). The lowest BCUT2D eigenvalue weighted by atomic mass is 10.1. The fraction of sp³-hybridized carbons (Fsp3) is 0.0909. The van der Waals surface area contributed by atoms with Gasteiger partial charge in [0.2, 0.25) is 0 Å². The fourth-order valence-electron chi connectivity index (χ4n) is 3.00. The first-order valence-electron chi connectivity index (χ1n) is 8.89. The van der Waals surface area contributed by atoms with Crippen LogP contribution in [0.4, 0.5) is 15.8 Å². The van der Waals surface area contributed by atoms with Gasteiger partial charge in [-0.25, -0.2) is 4.39 Å². The van der Waals surface area contributed by atoms with Gasteiger partial charge in [-0.05, 0) is 42.5 Å². The minimum atomic E-state index is -0.546. The third kappa shape index (κ3) is 3.75.